The van der Waals surface area contributed by atoms with Crippen molar-refractivity contribution in [1.82, 2.24) is 9.44 Å². The molecule has 0 spiro atoms. The van der Waals surface area contributed by atoms with Gasteiger partial charge in [0.05, 0.1) is 0 Å². The van der Waals surface area contributed by atoms with Crippen LogP contribution >= 0.6 is 0 Å². The van der Waals surface area contributed by atoms with Crippen LogP contribution in [0.25, 0.3) is 0 Å². The second-order valence-electron chi connectivity index (χ2n) is 4.69. The Labute approximate surface area is 90.4 Å². The maximum absolute atomic E-state index is 11.5. The van der Waals surface area contributed by atoms with Crippen LogP contribution in [0.2, 0.25) is 0 Å². The Morgan fingerprint density at radius 1 is 1.33 bits per heavy atom. The summed E-state index contributed by atoms with van der Waals surface area (Å²) < 4.78 is 28.1. The van der Waals surface area contributed by atoms with Crippen LogP contribution in [0.15, 0.2) is 0 Å². The quantitative estimate of drug-likeness (QED) is 0.567. The van der Waals surface area contributed by atoms with Gasteiger partial charge in [0.25, 0.3) is 10.2 Å². The summed E-state index contributed by atoms with van der Waals surface area (Å²) in [5.41, 5.74) is 0.0348. The number of rotatable bonds is 7. The predicted octanol–water partition coefficient (Wildman–Crippen LogP) is -0.265. The lowest BCUT2D eigenvalue weighted by molar-refractivity contribution is 0.249. The summed E-state index contributed by atoms with van der Waals surface area (Å²) in [6.07, 6.45) is 4.61. The fourth-order valence-electron chi connectivity index (χ4n) is 1.64. The zero-order valence-electron chi connectivity index (χ0n) is 8.70. The minimum atomic E-state index is -3.31. The number of nitrogens with one attached hydrogen (secondary N) is 2. The monoisotopic (exact) mass is 234 g/mol. The lowest BCUT2D eigenvalue weighted by Gasteiger charge is -2.14. The summed E-state index contributed by atoms with van der Waals surface area (Å²) in [5.74, 6) is 0. The highest BCUT2D eigenvalue weighted by Gasteiger charge is 2.42. The second-order valence-corrected chi connectivity index (χ2v) is 6.22. The standard InChI is InChI=1S/C9H18N2O3S/c12-6-5-9(3-4-9)7-10-15(13,14)11-8-1-2-8/h8,10-12H,1-7H2. The maximum atomic E-state index is 11.5. The summed E-state index contributed by atoms with van der Waals surface area (Å²) in [6, 6.07) is 0.149. The molecule has 2 fully saturated rings. The van der Waals surface area contributed by atoms with Crippen LogP contribution in [0.5, 0.6) is 0 Å². The fourth-order valence-corrected chi connectivity index (χ4v) is 2.89. The third kappa shape index (κ3) is 3.41. The number of aliphatic hydroxyl groups excluding tert-OH is 1. The Bertz CT molecular complexity index is 320. The fraction of sp³-hybridized carbons (Fsp3) is 1.00. The Hall–Kier alpha value is -0.170. The zero-order chi connectivity index (χ0) is 10.9. The van der Waals surface area contributed by atoms with Gasteiger partial charge in [0.1, 0.15) is 0 Å². The van der Waals surface area contributed by atoms with Crippen molar-refractivity contribution in [2.45, 2.75) is 38.1 Å². The zero-order valence-corrected chi connectivity index (χ0v) is 9.52. The van der Waals surface area contributed by atoms with E-state index in [-0.39, 0.29) is 18.1 Å². The summed E-state index contributed by atoms with van der Waals surface area (Å²) in [5, 5.41) is 8.83. The van der Waals surface area contributed by atoms with Crippen molar-refractivity contribution in [1.29, 1.82) is 0 Å². The molecular weight excluding hydrogens is 216 g/mol. The number of aliphatic hydroxyl groups is 1. The third-order valence-corrected chi connectivity index (χ3v) is 4.30. The van der Waals surface area contributed by atoms with Gasteiger partial charge in [0.15, 0.2) is 0 Å². The normalized spacial score (nSPS) is 24.1. The molecule has 0 unspecified atom stereocenters. The lowest BCUT2D eigenvalue weighted by Crippen LogP contribution is -2.40. The van der Waals surface area contributed by atoms with Gasteiger partial charge in [-0.2, -0.15) is 13.1 Å². The van der Waals surface area contributed by atoms with E-state index in [1.807, 2.05) is 0 Å². The van der Waals surface area contributed by atoms with Crippen molar-refractivity contribution in [3.63, 3.8) is 0 Å². The first-order valence-electron chi connectivity index (χ1n) is 5.43. The molecule has 0 aromatic carbocycles. The van der Waals surface area contributed by atoms with Crippen molar-refractivity contribution in [2.75, 3.05) is 13.2 Å². The summed E-state index contributed by atoms with van der Waals surface area (Å²) in [7, 11) is -3.31. The van der Waals surface area contributed by atoms with E-state index in [2.05, 4.69) is 9.44 Å². The van der Waals surface area contributed by atoms with E-state index < -0.39 is 10.2 Å². The van der Waals surface area contributed by atoms with Gasteiger partial charge >= 0.3 is 0 Å². The lowest BCUT2D eigenvalue weighted by atomic mass is 10.0. The first-order chi connectivity index (χ1) is 7.05. The summed E-state index contributed by atoms with van der Waals surface area (Å²) in [6.45, 7) is 0.591. The molecule has 5 nitrogen and oxygen atoms in total. The highest BCUT2D eigenvalue weighted by Crippen LogP contribution is 2.47. The highest BCUT2D eigenvalue weighted by molar-refractivity contribution is 7.87. The van der Waals surface area contributed by atoms with Gasteiger partial charge in [-0.05, 0) is 37.5 Å². The molecule has 0 amide bonds. The van der Waals surface area contributed by atoms with Crippen molar-refractivity contribution in [2.24, 2.45) is 5.41 Å². The van der Waals surface area contributed by atoms with Crippen molar-refractivity contribution >= 4 is 10.2 Å². The van der Waals surface area contributed by atoms with Crippen molar-refractivity contribution < 1.29 is 13.5 Å². The predicted molar refractivity (Wildman–Crippen MR) is 56.5 cm³/mol. The number of hydrogen-bond donors (Lipinski definition) is 3. The molecule has 2 aliphatic carbocycles. The van der Waals surface area contributed by atoms with Crippen molar-refractivity contribution in [3.05, 3.63) is 0 Å². The molecule has 3 N–H and O–H groups in total. The molecule has 0 aromatic heterocycles. The average molecular weight is 234 g/mol. The molecule has 0 heterocycles. The largest absolute Gasteiger partial charge is 0.396 e. The second kappa shape index (κ2) is 4.01. The molecule has 2 aliphatic rings. The molecule has 0 radical (unpaired) electrons. The van der Waals surface area contributed by atoms with Crippen LogP contribution in [0.4, 0.5) is 0 Å². The van der Waals surface area contributed by atoms with Gasteiger partial charge in [-0.25, -0.2) is 4.72 Å². The van der Waals surface area contributed by atoms with Gasteiger partial charge < -0.3 is 5.11 Å². The van der Waals surface area contributed by atoms with Gasteiger partial charge in [-0.3, -0.25) is 0 Å². The summed E-state index contributed by atoms with van der Waals surface area (Å²) in [4.78, 5) is 0. The molecule has 0 aromatic rings. The first kappa shape index (κ1) is 11.3. The minimum absolute atomic E-state index is 0.0348. The minimum Gasteiger partial charge on any atom is -0.396 e. The average Bonchev–Trinajstić information content (AvgIpc) is 3.00. The molecule has 6 heteroatoms. The Morgan fingerprint density at radius 2 is 2.00 bits per heavy atom. The van der Waals surface area contributed by atoms with E-state index >= 15 is 0 Å². The molecule has 0 aliphatic heterocycles. The Balaban J connectivity index is 1.76. The Kier molecular flexibility index (Phi) is 3.03. The van der Waals surface area contributed by atoms with E-state index in [1.165, 1.54) is 0 Å². The third-order valence-electron chi connectivity index (χ3n) is 3.14. The van der Waals surface area contributed by atoms with E-state index in [0.717, 1.165) is 25.7 Å². The van der Waals surface area contributed by atoms with Crippen molar-refractivity contribution in [3.8, 4) is 0 Å². The van der Waals surface area contributed by atoms with Gasteiger partial charge in [-0.1, -0.05) is 0 Å². The van der Waals surface area contributed by atoms with Crippen LogP contribution in [0.1, 0.15) is 32.1 Å². The van der Waals surface area contributed by atoms with Crippen LogP contribution in [0, 0.1) is 5.41 Å². The van der Waals surface area contributed by atoms with Crippen LogP contribution in [-0.2, 0) is 10.2 Å². The van der Waals surface area contributed by atoms with Gasteiger partial charge in [0.2, 0.25) is 0 Å². The van der Waals surface area contributed by atoms with E-state index in [9.17, 15) is 8.42 Å². The van der Waals surface area contributed by atoms with E-state index in [0.29, 0.717) is 13.0 Å². The molecular formula is C9H18N2O3S. The number of hydrogen-bond acceptors (Lipinski definition) is 3. The van der Waals surface area contributed by atoms with Gasteiger partial charge in [-0.15, -0.1) is 0 Å². The smallest absolute Gasteiger partial charge is 0.277 e. The van der Waals surface area contributed by atoms with E-state index in [1.54, 1.807) is 0 Å². The molecule has 0 atom stereocenters. The highest BCUT2D eigenvalue weighted by atomic mass is 32.2. The van der Waals surface area contributed by atoms with Crippen LogP contribution < -0.4 is 9.44 Å². The molecule has 15 heavy (non-hydrogen) atoms. The molecule has 0 saturated heterocycles. The molecule has 88 valence electrons. The summed E-state index contributed by atoms with van der Waals surface area (Å²) >= 11 is 0. The SMILES string of the molecule is O=S(=O)(NCC1(CCO)CC1)NC1CC1. The molecule has 0 bridgehead atoms. The molecule has 2 rings (SSSR count). The van der Waals surface area contributed by atoms with E-state index in [4.69, 9.17) is 5.11 Å². The first-order valence-corrected chi connectivity index (χ1v) is 6.91. The topological polar surface area (TPSA) is 78.4 Å². The molecule has 2 saturated carbocycles. The van der Waals surface area contributed by atoms with Crippen LogP contribution in [-0.4, -0.2) is 32.7 Å². The van der Waals surface area contributed by atoms with Gasteiger partial charge in [0, 0.05) is 19.2 Å². The maximum Gasteiger partial charge on any atom is 0.277 e. The Morgan fingerprint density at radius 3 is 2.47 bits per heavy atom. The van der Waals surface area contributed by atoms with Crippen LogP contribution in [0.3, 0.4) is 0 Å².